The fraction of sp³-hybridized carbons (Fsp3) is 0.276. The third-order valence-corrected chi connectivity index (χ3v) is 8.58. The molecule has 0 saturated carbocycles. The van der Waals surface area contributed by atoms with E-state index in [-0.39, 0.29) is 22.0 Å². The van der Waals surface area contributed by atoms with Crippen molar-refractivity contribution in [2.75, 3.05) is 10.8 Å². The molecule has 38 heavy (non-hydrogen) atoms. The number of halogens is 2. The van der Waals surface area contributed by atoms with Crippen LogP contribution in [0.25, 0.3) is 11.6 Å². The van der Waals surface area contributed by atoms with E-state index in [0.29, 0.717) is 28.8 Å². The van der Waals surface area contributed by atoms with Gasteiger partial charge >= 0.3 is 5.97 Å². The molecule has 0 bridgehead atoms. The van der Waals surface area contributed by atoms with E-state index >= 15 is 0 Å². The molecule has 1 aliphatic heterocycles. The fourth-order valence-corrected chi connectivity index (χ4v) is 6.49. The molecule has 6 nitrogen and oxygen atoms in total. The van der Waals surface area contributed by atoms with Crippen molar-refractivity contribution in [3.05, 3.63) is 93.8 Å². The second kappa shape index (κ2) is 10.5. The summed E-state index contributed by atoms with van der Waals surface area (Å²) in [5.74, 6) is -1.59. The molecular formula is C29H29ClFNO5S. The molecular weight excluding hydrogens is 529 g/mol. The van der Waals surface area contributed by atoms with Gasteiger partial charge in [0.05, 0.1) is 28.3 Å². The van der Waals surface area contributed by atoms with Gasteiger partial charge in [0.25, 0.3) is 10.0 Å². The molecule has 0 unspecified atom stereocenters. The Kier molecular flexibility index (Phi) is 7.70. The predicted octanol–water partition coefficient (Wildman–Crippen LogP) is 6.35. The summed E-state index contributed by atoms with van der Waals surface area (Å²) in [6, 6.07) is 16.4. The number of carbonyl (C=O) groups is 1. The first-order valence-electron chi connectivity index (χ1n) is 12.1. The summed E-state index contributed by atoms with van der Waals surface area (Å²) in [6.07, 6.45) is 1.39. The lowest BCUT2D eigenvalue weighted by Crippen LogP contribution is -2.48. The molecule has 9 heteroatoms. The number of ether oxygens (including phenoxy) is 1. The van der Waals surface area contributed by atoms with E-state index in [9.17, 15) is 22.7 Å². The Morgan fingerprint density at radius 3 is 2.53 bits per heavy atom. The van der Waals surface area contributed by atoms with Gasteiger partial charge in [0.15, 0.2) is 5.60 Å². The summed E-state index contributed by atoms with van der Waals surface area (Å²) >= 11 is 6.24. The molecule has 1 atom stereocenters. The summed E-state index contributed by atoms with van der Waals surface area (Å²) in [7, 11) is -4.01. The first-order chi connectivity index (χ1) is 17.8. The number of benzene rings is 3. The van der Waals surface area contributed by atoms with Crippen molar-refractivity contribution < 1.29 is 27.4 Å². The van der Waals surface area contributed by atoms with Crippen LogP contribution in [-0.4, -0.2) is 37.7 Å². The lowest BCUT2D eigenvalue weighted by atomic mass is 9.97. The van der Waals surface area contributed by atoms with E-state index < -0.39 is 33.5 Å². The molecule has 0 saturated heterocycles. The number of hydrogen-bond acceptors (Lipinski definition) is 4. The maximum Gasteiger partial charge on any atom is 0.335 e. The monoisotopic (exact) mass is 557 g/mol. The number of aliphatic carboxylic acids is 1. The molecule has 0 radical (unpaired) electrons. The van der Waals surface area contributed by atoms with Crippen LogP contribution in [0.4, 0.5) is 10.1 Å². The van der Waals surface area contributed by atoms with Crippen LogP contribution in [-0.2, 0) is 26.0 Å². The van der Waals surface area contributed by atoms with Gasteiger partial charge in [0.1, 0.15) is 5.82 Å². The molecule has 1 heterocycles. The number of hydrogen-bond donors (Lipinski definition) is 1. The maximum absolute atomic E-state index is 14.5. The Bertz CT molecular complexity index is 1510. The molecule has 0 aromatic heterocycles. The zero-order chi connectivity index (χ0) is 27.8. The van der Waals surface area contributed by atoms with Crippen LogP contribution < -0.4 is 4.31 Å². The van der Waals surface area contributed by atoms with Gasteiger partial charge in [-0.15, -0.1) is 0 Å². The molecule has 0 spiro atoms. The Balaban J connectivity index is 1.81. The number of sulfonamides is 1. The van der Waals surface area contributed by atoms with Gasteiger partial charge in [-0.25, -0.2) is 17.6 Å². The van der Waals surface area contributed by atoms with Crippen molar-refractivity contribution in [3.8, 4) is 0 Å². The smallest absolute Gasteiger partial charge is 0.335 e. The topological polar surface area (TPSA) is 83.9 Å². The highest BCUT2D eigenvalue weighted by Gasteiger charge is 2.38. The van der Waals surface area contributed by atoms with Gasteiger partial charge in [-0.2, -0.15) is 0 Å². The number of fused-ring (bicyclic) bond motifs is 1. The van der Waals surface area contributed by atoms with Gasteiger partial charge in [-0.1, -0.05) is 48.0 Å². The largest absolute Gasteiger partial charge is 0.479 e. The van der Waals surface area contributed by atoms with E-state index in [2.05, 4.69) is 0 Å². The quantitative estimate of drug-likeness (QED) is 0.342. The molecule has 3 aromatic carbocycles. The van der Waals surface area contributed by atoms with E-state index in [1.807, 2.05) is 13.0 Å². The molecule has 0 fully saturated rings. The van der Waals surface area contributed by atoms with Crippen LogP contribution in [0.2, 0.25) is 5.02 Å². The zero-order valence-corrected chi connectivity index (χ0v) is 23.1. The van der Waals surface area contributed by atoms with E-state index in [1.54, 1.807) is 49.4 Å². The Hall–Kier alpha value is -3.20. The van der Waals surface area contributed by atoms with E-state index in [4.69, 9.17) is 16.3 Å². The van der Waals surface area contributed by atoms with E-state index in [0.717, 1.165) is 5.56 Å². The van der Waals surface area contributed by atoms with Crippen LogP contribution in [0, 0.1) is 12.7 Å². The average Bonchev–Trinajstić information content (AvgIpc) is 2.83. The Morgan fingerprint density at radius 1 is 1.16 bits per heavy atom. The summed E-state index contributed by atoms with van der Waals surface area (Å²) in [4.78, 5) is 11.8. The first kappa shape index (κ1) is 27.8. The van der Waals surface area contributed by atoms with Crippen LogP contribution in [0.3, 0.4) is 0 Å². The van der Waals surface area contributed by atoms with Crippen molar-refractivity contribution in [3.63, 3.8) is 0 Å². The number of carboxylic acid groups (broad SMARTS) is 1. The zero-order valence-electron chi connectivity index (χ0n) is 21.5. The van der Waals surface area contributed by atoms with Crippen molar-refractivity contribution >= 4 is 44.9 Å². The summed E-state index contributed by atoms with van der Waals surface area (Å²) < 4.78 is 49.4. The van der Waals surface area contributed by atoms with Gasteiger partial charge in [0, 0.05) is 12.0 Å². The van der Waals surface area contributed by atoms with Crippen LogP contribution in [0.5, 0.6) is 0 Å². The second-order valence-corrected chi connectivity index (χ2v) is 12.2. The normalized spacial score (nSPS) is 16.3. The summed E-state index contributed by atoms with van der Waals surface area (Å²) in [5, 5.41) is 9.83. The minimum atomic E-state index is -4.01. The number of aryl methyl sites for hydroxylation is 1. The van der Waals surface area contributed by atoms with Crippen molar-refractivity contribution in [1.82, 2.24) is 0 Å². The van der Waals surface area contributed by atoms with Crippen LogP contribution in [0.15, 0.2) is 65.6 Å². The number of anilines is 1. The minimum Gasteiger partial charge on any atom is -0.479 e. The van der Waals surface area contributed by atoms with Crippen molar-refractivity contribution in [2.24, 2.45) is 0 Å². The Morgan fingerprint density at radius 2 is 1.87 bits per heavy atom. The van der Waals surface area contributed by atoms with Gasteiger partial charge in [0.2, 0.25) is 0 Å². The van der Waals surface area contributed by atoms with Gasteiger partial charge in [-0.3, -0.25) is 4.31 Å². The van der Waals surface area contributed by atoms with Crippen molar-refractivity contribution in [1.29, 1.82) is 0 Å². The molecule has 0 amide bonds. The summed E-state index contributed by atoms with van der Waals surface area (Å²) in [6.45, 7) is 6.36. The van der Waals surface area contributed by atoms with E-state index in [1.165, 1.54) is 36.4 Å². The first-order valence-corrected chi connectivity index (χ1v) is 13.9. The lowest BCUT2D eigenvalue weighted by molar-refractivity contribution is -0.167. The third-order valence-electron chi connectivity index (χ3n) is 6.49. The number of allylic oxidation sites excluding steroid dienone is 1. The molecule has 200 valence electrons. The molecule has 1 aliphatic rings. The fourth-order valence-electron chi connectivity index (χ4n) is 4.54. The number of rotatable bonds is 7. The standard InChI is InChI=1S/C29H29ClFNO5S/c1-18-7-5-8-23(13-18)38(35,36)32-17-22(37-29(3,4)28(33)34)16-21-12-11-20(15-26(21)32)14-19(2)27-24(30)9-6-10-25(27)31/h5-15,22H,16-17H2,1-4H3,(H,33,34)/b19-14+/t22-/m1/s1. The third kappa shape index (κ3) is 5.62. The average molecular weight is 558 g/mol. The van der Waals surface area contributed by atoms with Crippen LogP contribution >= 0.6 is 11.6 Å². The predicted molar refractivity (Wildman–Crippen MR) is 147 cm³/mol. The van der Waals surface area contributed by atoms with Gasteiger partial charge in [-0.05, 0) is 80.3 Å². The highest BCUT2D eigenvalue weighted by molar-refractivity contribution is 7.92. The molecule has 4 rings (SSSR count). The lowest BCUT2D eigenvalue weighted by Gasteiger charge is -2.38. The van der Waals surface area contributed by atoms with Gasteiger partial charge < -0.3 is 9.84 Å². The number of nitrogens with zero attached hydrogens (tertiary/aromatic N) is 1. The Labute approximate surface area is 227 Å². The number of carboxylic acids is 1. The van der Waals surface area contributed by atoms with Crippen molar-refractivity contribution in [2.45, 2.75) is 50.7 Å². The molecule has 3 aromatic rings. The maximum atomic E-state index is 14.5. The SMILES string of the molecule is C/C(=C\c1ccc2c(c1)N(S(=O)(=O)c1cccc(C)c1)C[C@H](OC(C)(C)C(=O)O)C2)c1c(F)cccc1Cl. The minimum absolute atomic E-state index is 0.0642. The summed E-state index contributed by atoms with van der Waals surface area (Å²) in [5.41, 5.74) is 1.96. The highest BCUT2D eigenvalue weighted by atomic mass is 35.5. The van der Waals surface area contributed by atoms with Crippen LogP contribution in [0.1, 0.15) is 43.0 Å². The second-order valence-electron chi connectivity index (χ2n) is 9.92. The highest BCUT2D eigenvalue weighted by Crippen LogP contribution is 2.36. The molecule has 0 aliphatic carbocycles. The molecule has 1 N–H and O–H groups in total.